The fraction of sp³-hybridized carbons (Fsp3) is 0.900. The lowest BCUT2D eigenvalue weighted by atomic mass is 9.98. The second-order valence-corrected chi connectivity index (χ2v) is 3.47. The van der Waals surface area contributed by atoms with Crippen molar-refractivity contribution < 1.29 is 14.3 Å². The minimum atomic E-state index is -0.229. The lowest BCUT2D eigenvalue weighted by Gasteiger charge is -2.21. The summed E-state index contributed by atoms with van der Waals surface area (Å²) in [5.41, 5.74) is 0. The number of carbonyl (C=O) groups excluding carboxylic acids is 1. The van der Waals surface area contributed by atoms with Crippen LogP contribution < -0.4 is 0 Å². The van der Waals surface area contributed by atoms with Crippen molar-refractivity contribution in [2.75, 3.05) is 13.2 Å². The van der Waals surface area contributed by atoms with Crippen molar-refractivity contribution in [3.63, 3.8) is 0 Å². The number of esters is 1. The molecule has 3 nitrogen and oxygen atoms in total. The number of rotatable bonds is 4. The highest BCUT2D eigenvalue weighted by Crippen LogP contribution is 2.19. The summed E-state index contributed by atoms with van der Waals surface area (Å²) in [5, 5.41) is 0. The van der Waals surface area contributed by atoms with Crippen LogP contribution in [-0.2, 0) is 14.3 Å². The Balaban J connectivity index is 1.95. The summed E-state index contributed by atoms with van der Waals surface area (Å²) in [7, 11) is 0. The van der Waals surface area contributed by atoms with E-state index in [2.05, 4.69) is 0 Å². The van der Waals surface area contributed by atoms with Crippen LogP contribution in [0.3, 0.4) is 0 Å². The molecule has 0 aromatic heterocycles. The zero-order valence-corrected chi connectivity index (χ0v) is 8.25. The van der Waals surface area contributed by atoms with Crippen molar-refractivity contribution in [1.29, 1.82) is 0 Å². The first kappa shape index (κ1) is 10.5. The Bertz CT molecular complexity index is 150. The van der Waals surface area contributed by atoms with Crippen LogP contribution >= 0.6 is 0 Å². The topological polar surface area (TPSA) is 35.5 Å². The fourth-order valence-corrected chi connectivity index (χ4v) is 1.63. The highest BCUT2D eigenvalue weighted by molar-refractivity contribution is 5.65. The van der Waals surface area contributed by atoms with Gasteiger partial charge in [-0.2, -0.15) is 0 Å². The van der Waals surface area contributed by atoms with Crippen molar-refractivity contribution in [1.82, 2.24) is 0 Å². The molecule has 0 N–H and O–H groups in total. The Morgan fingerprint density at radius 3 is 2.54 bits per heavy atom. The molecule has 0 spiro atoms. The van der Waals surface area contributed by atoms with E-state index in [1.54, 1.807) is 0 Å². The Hall–Kier alpha value is -0.570. The molecule has 0 saturated heterocycles. The van der Waals surface area contributed by atoms with E-state index >= 15 is 0 Å². The first-order valence-electron chi connectivity index (χ1n) is 5.04. The summed E-state index contributed by atoms with van der Waals surface area (Å²) < 4.78 is 10.3. The van der Waals surface area contributed by atoms with E-state index in [1.807, 2.05) is 0 Å². The number of carbonyl (C=O) groups is 1. The van der Waals surface area contributed by atoms with Gasteiger partial charge in [0, 0.05) is 6.92 Å². The molecule has 1 rings (SSSR count). The van der Waals surface area contributed by atoms with Gasteiger partial charge in [0.25, 0.3) is 0 Å². The summed E-state index contributed by atoms with van der Waals surface area (Å²) in [6, 6.07) is 0. The molecule has 0 bridgehead atoms. The molecule has 1 aliphatic rings. The number of hydrogen-bond donors (Lipinski definition) is 0. The molecule has 0 atom stereocenters. The predicted molar refractivity (Wildman–Crippen MR) is 49.5 cm³/mol. The van der Waals surface area contributed by atoms with Gasteiger partial charge in [-0.05, 0) is 12.8 Å². The fourth-order valence-electron chi connectivity index (χ4n) is 1.63. The van der Waals surface area contributed by atoms with Crippen molar-refractivity contribution in [2.45, 2.75) is 45.1 Å². The van der Waals surface area contributed by atoms with Gasteiger partial charge >= 0.3 is 5.97 Å². The van der Waals surface area contributed by atoms with Crippen LogP contribution in [0.5, 0.6) is 0 Å². The third-order valence-electron chi connectivity index (χ3n) is 2.29. The van der Waals surface area contributed by atoms with Gasteiger partial charge < -0.3 is 9.47 Å². The zero-order chi connectivity index (χ0) is 9.52. The summed E-state index contributed by atoms with van der Waals surface area (Å²) >= 11 is 0. The average molecular weight is 186 g/mol. The van der Waals surface area contributed by atoms with E-state index in [-0.39, 0.29) is 5.97 Å². The molecule has 0 aromatic carbocycles. The Morgan fingerprint density at radius 1 is 1.23 bits per heavy atom. The number of ether oxygens (including phenoxy) is 2. The monoisotopic (exact) mass is 186 g/mol. The minimum Gasteiger partial charge on any atom is -0.463 e. The smallest absolute Gasteiger partial charge is 0.302 e. The first-order chi connectivity index (χ1) is 6.29. The molecular formula is C10H18O3. The van der Waals surface area contributed by atoms with Crippen LogP contribution in [0.2, 0.25) is 0 Å². The molecule has 0 amide bonds. The van der Waals surface area contributed by atoms with Gasteiger partial charge in [0.15, 0.2) is 0 Å². The molecule has 0 aliphatic heterocycles. The highest BCUT2D eigenvalue weighted by atomic mass is 16.6. The van der Waals surface area contributed by atoms with Gasteiger partial charge in [0.05, 0.1) is 12.7 Å². The van der Waals surface area contributed by atoms with Gasteiger partial charge in [-0.3, -0.25) is 4.79 Å². The summed E-state index contributed by atoms with van der Waals surface area (Å²) in [6.07, 6.45) is 6.63. The number of hydrogen-bond acceptors (Lipinski definition) is 3. The second-order valence-electron chi connectivity index (χ2n) is 3.47. The molecule has 0 radical (unpaired) electrons. The van der Waals surface area contributed by atoms with Crippen LogP contribution in [0, 0.1) is 0 Å². The van der Waals surface area contributed by atoms with Crippen molar-refractivity contribution in [3.05, 3.63) is 0 Å². The lowest BCUT2D eigenvalue weighted by Crippen LogP contribution is -2.19. The Labute approximate surface area is 79.4 Å². The van der Waals surface area contributed by atoms with E-state index in [0.29, 0.717) is 19.3 Å². The zero-order valence-electron chi connectivity index (χ0n) is 8.25. The average Bonchev–Trinajstić information content (AvgIpc) is 2.14. The van der Waals surface area contributed by atoms with E-state index < -0.39 is 0 Å². The van der Waals surface area contributed by atoms with Gasteiger partial charge in [0.1, 0.15) is 6.61 Å². The van der Waals surface area contributed by atoms with Gasteiger partial charge in [-0.25, -0.2) is 0 Å². The largest absolute Gasteiger partial charge is 0.463 e. The van der Waals surface area contributed by atoms with Crippen LogP contribution in [0.15, 0.2) is 0 Å². The molecule has 76 valence electrons. The third-order valence-corrected chi connectivity index (χ3v) is 2.29. The quantitative estimate of drug-likeness (QED) is 0.497. The molecule has 0 heterocycles. The SMILES string of the molecule is CC(=O)OCCOC1CCCCC1. The maximum atomic E-state index is 10.4. The van der Waals surface area contributed by atoms with Crippen LogP contribution in [-0.4, -0.2) is 25.3 Å². The summed E-state index contributed by atoms with van der Waals surface area (Å²) in [4.78, 5) is 10.4. The van der Waals surface area contributed by atoms with E-state index in [9.17, 15) is 4.79 Å². The Kier molecular flexibility index (Phi) is 4.83. The standard InChI is InChI=1S/C10H18O3/c1-9(11)12-7-8-13-10-5-3-2-4-6-10/h10H,2-8H2,1H3. The van der Waals surface area contributed by atoms with Crippen LogP contribution in [0.1, 0.15) is 39.0 Å². The second kappa shape index (κ2) is 5.97. The predicted octanol–water partition coefficient (Wildman–Crippen LogP) is 1.90. The van der Waals surface area contributed by atoms with E-state index in [0.717, 1.165) is 0 Å². The van der Waals surface area contributed by atoms with Crippen molar-refractivity contribution in [2.24, 2.45) is 0 Å². The molecule has 1 fully saturated rings. The molecule has 0 unspecified atom stereocenters. The Morgan fingerprint density at radius 2 is 1.92 bits per heavy atom. The van der Waals surface area contributed by atoms with Crippen molar-refractivity contribution >= 4 is 5.97 Å². The van der Waals surface area contributed by atoms with Gasteiger partial charge in [0.2, 0.25) is 0 Å². The van der Waals surface area contributed by atoms with E-state index in [1.165, 1.54) is 39.0 Å². The first-order valence-corrected chi connectivity index (χ1v) is 5.04. The molecular weight excluding hydrogens is 168 g/mol. The maximum Gasteiger partial charge on any atom is 0.302 e. The molecule has 3 heteroatoms. The highest BCUT2D eigenvalue weighted by Gasteiger charge is 2.13. The summed E-state index contributed by atoms with van der Waals surface area (Å²) in [5.74, 6) is -0.229. The van der Waals surface area contributed by atoms with Gasteiger partial charge in [-0.15, -0.1) is 0 Å². The van der Waals surface area contributed by atoms with Crippen molar-refractivity contribution in [3.8, 4) is 0 Å². The minimum absolute atomic E-state index is 0.229. The van der Waals surface area contributed by atoms with E-state index in [4.69, 9.17) is 9.47 Å². The normalized spacial score (nSPS) is 18.5. The summed E-state index contributed by atoms with van der Waals surface area (Å²) in [6.45, 7) is 2.36. The lowest BCUT2D eigenvalue weighted by molar-refractivity contribution is -0.143. The molecule has 13 heavy (non-hydrogen) atoms. The van der Waals surface area contributed by atoms with Crippen LogP contribution in [0.25, 0.3) is 0 Å². The molecule has 0 aromatic rings. The maximum absolute atomic E-state index is 10.4. The van der Waals surface area contributed by atoms with Crippen LogP contribution in [0.4, 0.5) is 0 Å². The third kappa shape index (κ3) is 4.88. The molecule has 1 saturated carbocycles. The van der Waals surface area contributed by atoms with Gasteiger partial charge in [-0.1, -0.05) is 19.3 Å². The molecule has 1 aliphatic carbocycles.